The van der Waals surface area contributed by atoms with Gasteiger partial charge in [-0.3, -0.25) is 4.79 Å². The van der Waals surface area contributed by atoms with Crippen LogP contribution in [-0.2, 0) is 4.79 Å². The molecular weight excluding hydrogens is 256 g/mol. The van der Waals surface area contributed by atoms with E-state index in [0.29, 0.717) is 12.5 Å². The van der Waals surface area contributed by atoms with Crippen LogP contribution < -0.4 is 10.6 Å². The van der Waals surface area contributed by atoms with E-state index in [1.54, 1.807) is 0 Å². The van der Waals surface area contributed by atoms with Gasteiger partial charge < -0.3 is 15.7 Å². The molecule has 112 valence electrons. The summed E-state index contributed by atoms with van der Waals surface area (Å²) >= 11 is 0. The predicted octanol–water partition coefficient (Wildman–Crippen LogP) is 1.98. The van der Waals surface area contributed by atoms with Crippen LogP contribution in [0.3, 0.4) is 0 Å². The topological polar surface area (TPSA) is 78.4 Å². The summed E-state index contributed by atoms with van der Waals surface area (Å²) in [5.74, 6) is 0.375. The van der Waals surface area contributed by atoms with Gasteiger partial charge in [0.2, 0.25) is 0 Å². The monoisotopic (exact) mass is 280 g/mol. The maximum Gasteiger partial charge on any atom is 0.315 e. The minimum atomic E-state index is -0.753. The highest BCUT2D eigenvalue weighted by molar-refractivity contribution is 5.77. The summed E-state index contributed by atoms with van der Waals surface area (Å²) in [6, 6.07) is -0.362. The summed E-state index contributed by atoms with van der Waals surface area (Å²) in [5.41, 5.74) is 0. The lowest BCUT2D eigenvalue weighted by atomic mass is 9.84. The molecule has 0 aromatic heterocycles. The first-order chi connectivity index (χ1) is 9.65. The Morgan fingerprint density at radius 2 is 1.85 bits per heavy atom. The van der Waals surface area contributed by atoms with Gasteiger partial charge in [0.1, 0.15) is 0 Å². The number of carbonyl (C=O) groups excluding carboxylic acids is 1. The molecule has 0 spiro atoms. The number of carbonyl (C=O) groups is 2. The van der Waals surface area contributed by atoms with E-state index in [4.69, 9.17) is 0 Å². The molecule has 2 bridgehead atoms. The molecule has 3 N–H and O–H groups in total. The van der Waals surface area contributed by atoms with Crippen LogP contribution in [0.1, 0.15) is 44.9 Å². The number of nitrogens with one attached hydrogen (secondary N) is 2. The molecule has 2 amide bonds. The van der Waals surface area contributed by atoms with Crippen molar-refractivity contribution in [3.05, 3.63) is 0 Å². The van der Waals surface area contributed by atoms with Crippen LogP contribution in [0.2, 0.25) is 0 Å². The third-order valence-electron chi connectivity index (χ3n) is 5.27. The Morgan fingerprint density at radius 3 is 2.55 bits per heavy atom. The lowest BCUT2D eigenvalue weighted by Crippen LogP contribution is -2.50. The number of urea groups is 1. The van der Waals surface area contributed by atoms with Crippen molar-refractivity contribution < 1.29 is 14.7 Å². The Kier molecular flexibility index (Phi) is 3.85. The molecule has 0 aromatic rings. The molecule has 0 radical (unpaired) electrons. The van der Waals surface area contributed by atoms with Crippen molar-refractivity contribution in [2.24, 2.45) is 23.7 Å². The van der Waals surface area contributed by atoms with Crippen molar-refractivity contribution in [2.45, 2.75) is 51.0 Å². The number of carboxylic acids is 1. The molecule has 4 atom stereocenters. The Morgan fingerprint density at radius 1 is 1.10 bits per heavy atom. The van der Waals surface area contributed by atoms with Crippen molar-refractivity contribution >= 4 is 12.0 Å². The fourth-order valence-electron chi connectivity index (χ4n) is 4.06. The molecule has 3 saturated carbocycles. The minimum Gasteiger partial charge on any atom is -0.481 e. The molecule has 0 heterocycles. The average Bonchev–Trinajstić information content (AvgIpc) is 3.01. The first-order valence-electron chi connectivity index (χ1n) is 7.92. The smallest absolute Gasteiger partial charge is 0.315 e. The number of rotatable bonds is 6. The molecule has 4 unspecified atom stereocenters. The van der Waals surface area contributed by atoms with Crippen LogP contribution in [0.25, 0.3) is 0 Å². The Hall–Kier alpha value is -1.26. The lowest BCUT2D eigenvalue weighted by molar-refractivity contribution is -0.144. The van der Waals surface area contributed by atoms with Crippen LogP contribution in [0.5, 0.6) is 0 Å². The molecule has 3 fully saturated rings. The second-order valence-corrected chi connectivity index (χ2v) is 6.71. The van der Waals surface area contributed by atoms with Gasteiger partial charge in [-0.15, -0.1) is 0 Å². The average molecular weight is 280 g/mol. The summed E-state index contributed by atoms with van der Waals surface area (Å²) in [4.78, 5) is 23.2. The van der Waals surface area contributed by atoms with Gasteiger partial charge in [-0.25, -0.2) is 4.79 Å². The van der Waals surface area contributed by atoms with Crippen LogP contribution >= 0.6 is 0 Å². The second-order valence-electron chi connectivity index (χ2n) is 6.71. The Balaban J connectivity index is 1.43. The summed E-state index contributed by atoms with van der Waals surface area (Å²) in [7, 11) is 0. The van der Waals surface area contributed by atoms with Gasteiger partial charge in [0.15, 0.2) is 0 Å². The predicted molar refractivity (Wildman–Crippen MR) is 74.2 cm³/mol. The number of hydrogen-bond donors (Lipinski definition) is 3. The largest absolute Gasteiger partial charge is 0.481 e. The van der Waals surface area contributed by atoms with Crippen LogP contribution in [0.15, 0.2) is 0 Å². The van der Waals surface area contributed by atoms with E-state index >= 15 is 0 Å². The summed E-state index contributed by atoms with van der Waals surface area (Å²) in [5, 5.41) is 15.1. The first-order valence-corrected chi connectivity index (χ1v) is 7.92. The molecule has 5 nitrogen and oxygen atoms in total. The third-order valence-corrected chi connectivity index (χ3v) is 5.27. The van der Waals surface area contributed by atoms with Gasteiger partial charge >= 0.3 is 12.0 Å². The zero-order valence-electron chi connectivity index (χ0n) is 11.8. The first kappa shape index (κ1) is 13.7. The number of carboxylic acid groups (broad SMARTS) is 1. The third kappa shape index (κ3) is 2.91. The normalized spacial score (nSPS) is 35.0. The van der Waals surface area contributed by atoms with Gasteiger partial charge in [-0.1, -0.05) is 12.8 Å². The van der Waals surface area contributed by atoms with Gasteiger partial charge in [-0.05, 0) is 49.9 Å². The van der Waals surface area contributed by atoms with E-state index in [2.05, 4.69) is 10.6 Å². The molecule has 3 rings (SSSR count). The quantitative estimate of drug-likeness (QED) is 0.651. The molecule has 0 aliphatic heterocycles. The van der Waals surface area contributed by atoms with Crippen molar-refractivity contribution in [3.63, 3.8) is 0 Å². The molecule has 20 heavy (non-hydrogen) atoms. The van der Waals surface area contributed by atoms with E-state index in [0.717, 1.165) is 31.6 Å². The molecule has 0 saturated heterocycles. The summed E-state index contributed by atoms with van der Waals surface area (Å²) < 4.78 is 0. The van der Waals surface area contributed by atoms with E-state index in [1.165, 1.54) is 19.3 Å². The van der Waals surface area contributed by atoms with Gasteiger partial charge in [0.25, 0.3) is 0 Å². The lowest BCUT2D eigenvalue weighted by Gasteiger charge is -2.28. The van der Waals surface area contributed by atoms with E-state index in [-0.39, 0.29) is 23.9 Å². The number of amides is 2. The van der Waals surface area contributed by atoms with Gasteiger partial charge in [0.05, 0.1) is 5.92 Å². The van der Waals surface area contributed by atoms with Crippen LogP contribution in [0.4, 0.5) is 4.79 Å². The maximum absolute atomic E-state index is 11.9. The van der Waals surface area contributed by atoms with Crippen molar-refractivity contribution in [3.8, 4) is 0 Å². The number of fused-ring (bicyclic) bond motifs is 2. The highest BCUT2D eigenvalue weighted by Gasteiger charge is 2.51. The second kappa shape index (κ2) is 5.62. The highest BCUT2D eigenvalue weighted by atomic mass is 16.4. The fourth-order valence-corrected chi connectivity index (χ4v) is 4.06. The van der Waals surface area contributed by atoms with Crippen LogP contribution in [0, 0.1) is 23.7 Å². The standard InChI is InChI=1S/C15H24N2O3/c18-14(19)12-10-5-6-11(8-10)13(12)17-15(20)16-7-1-2-9-3-4-9/h9-13H,1-8H2,(H,18,19)(H2,16,17,20). The highest BCUT2D eigenvalue weighted by Crippen LogP contribution is 2.48. The van der Waals surface area contributed by atoms with E-state index < -0.39 is 5.97 Å². The maximum atomic E-state index is 11.9. The van der Waals surface area contributed by atoms with E-state index in [1.807, 2.05) is 0 Å². The Labute approximate surface area is 119 Å². The molecule has 5 heteroatoms. The molecule has 3 aliphatic carbocycles. The van der Waals surface area contributed by atoms with Gasteiger partial charge in [0, 0.05) is 12.6 Å². The van der Waals surface area contributed by atoms with Gasteiger partial charge in [-0.2, -0.15) is 0 Å². The van der Waals surface area contributed by atoms with Crippen molar-refractivity contribution in [1.82, 2.24) is 10.6 Å². The summed E-state index contributed by atoms with van der Waals surface area (Å²) in [6.07, 6.45) is 7.94. The van der Waals surface area contributed by atoms with Crippen molar-refractivity contribution in [1.29, 1.82) is 0 Å². The zero-order chi connectivity index (χ0) is 14.1. The molecule has 3 aliphatic rings. The molecular formula is C15H24N2O3. The minimum absolute atomic E-state index is 0.172. The Bertz CT molecular complexity index is 395. The molecule has 0 aromatic carbocycles. The SMILES string of the molecule is O=C(NCCCC1CC1)NC1C2CCC(C2)C1C(=O)O. The van der Waals surface area contributed by atoms with E-state index in [9.17, 15) is 14.7 Å². The number of hydrogen-bond acceptors (Lipinski definition) is 2. The summed E-state index contributed by atoms with van der Waals surface area (Å²) in [6.45, 7) is 0.695. The number of aliphatic carboxylic acids is 1. The zero-order valence-corrected chi connectivity index (χ0v) is 11.8. The van der Waals surface area contributed by atoms with Crippen LogP contribution in [-0.4, -0.2) is 29.7 Å². The van der Waals surface area contributed by atoms with Crippen molar-refractivity contribution in [2.75, 3.05) is 6.54 Å². The fraction of sp³-hybridized carbons (Fsp3) is 0.867.